The van der Waals surface area contributed by atoms with Crippen molar-refractivity contribution >= 4 is 29.1 Å². The molecule has 0 spiro atoms. The Balaban J connectivity index is 1.46. The van der Waals surface area contributed by atoms with Gasteiger partial charge in [0.05, 0.1) is 12.0 Å². The van der Waals surface area contributed by atoms with Crippen molar-refractivity contribution in [1.29, 1.82) is 0 Å². The summed E-state index contributed by atoms with van der Waals surface area (Å²) in [4.78, 5) is 15.6. The average molecular weight is 453 g/mol. The van der Waals surface area contributed by atoms with Crippen molar-refractivity contribution in [2.75, 3.05) is 13.1 Å². The van der Waals surface area contributed by atoms with Crippen LogP contribution in [0.4, 0.5) is 0 Å². The van der Waals surface area contributed by atoms with Crippen molar-refractivity contribution in [1.82, 2.24) is 10.2 Å². The molecule has 5 heteroatoms. The first-order chi connectivity index (χ1) is 15.1. The van der Waals surface area contributed by atoms with Crippen LogP contribution in [0.25, 0.3) is 0 Å². The highest BCUT2D eigenvalue weighted by molar-refractivity contribution is 6.35. The Kier molecular flexibility index (Phi) is 7.29. The fourth-order valence-electron chi connectivity index (χ4n) is 4.21. The molecule has 3 nitrogen and oxygen atoms in total. The molecule has 4 rings (SSSR count). The minimum Gasteiger partial charge on any atom is -0.345 e. The Morgan fingerprint density at radius 3 is 2.23 bits per heavy atom. The molecule has 1 N–H and O–H groups in total. The smallest absolute Gasteiger partial charge is 0.225 e. The number of carbonyl (C=O) groups is 1. The van der Waals surface area contributed by atoms with E-state index in [0.29, 0.717) is 10.0 Å². The van der Waals surface area contributed by atoms with E-state index in [1.807, 2.05) is 48.5 Å². The molecule has 1 aliphatic heterocycles. The molecule has 3 aromatic rings. The highest BCUT2D eigenvalue weighted by Crippen LogP contribution is 2.27. The number of rotatable bonds is 6. The van der Waals surface area contributed by atoms with Gasteiger partial charge < -0.3 is 5.32 Å². The molecule has 0 aromatic heterocycles. The van der Waals surface area contributed by atoms with Crippen molar-refractivity contribution in [2.24, 2.45) is 5.92 Å². The minimum absolute atomic E-state index is 0.0465. The number of hydrogen-bond acceptors (Lipinski definition) is 2. The SMILES string of the molecule is O=C(NC(c1ccccc1)c1ccccc1)[C@H]1CCCN(Cc2ccc(Cl)cc2Cl)C1. The predicted octanol–water partition coefficient (Wildman–Crippen LogP) is 6.11. The summed E-state index contributed by atoms with van der Waals surface area (Å²) in [6.07, 6.45) is 1.89. The van der Waals surface area contributed by atoms with Crippen LogP contribution >= 0.6 is 23.2 Å². The van der Waals surface area contributed by atoms with Crippen LogP contribution in [-0.4, -0.2) is 23.9 Å². The molecule has 0 radical (unpaired) electrons. The molecule has 0 bridgehead atoms. The Hall–Kier alpha value is -2.33. The maximum atomic E-state index is 13.3. The molecule has 0 unspecified atom stereocenters. The average Bonchev–Trinajstić information content (AvgIpc) is 2.80. The first-order valence-electron chi connectivity index (χ1n) is 10.7. The summed E-state index contributed by atoms with van der Waals surface area (Å²) in [5.74, 6) is 0.0550. The molecule has 1 heterocycles. The van der Waals surface area contributed by atoms with Gasteiger partial charge in [0.2, 0.25) is 5.91 Å². The lowest BCUT2D eigenvalue weighted by atomic mass is 9.94. The second-order valence-corrected chi connectivity index (χ2v) is 8.92. The lowest BCUT2D eigenvalue weighted by Gasteiger charge is -2.33. The molecule has 1 atom stereocenters. The van der Waals surface area contributed by atoms with E-state index in [1.54, 1.807) is 6.07 Å². The van der Waals surface area contributed by atoms with Crippen molar-refractivity contribution < 1.29 is 4.79 Å². The van der Waals surface area contributed by atoms with E-state index in [-0.39, 0.29) is 17.9 Å². The summed E-state index contributed by atoms with van der Waals surface area (Å²) >= 11 is 12.4. The van der Waals surface area contributed by atoms with Gasteiger partial charge in [-0.25, -0.2) is 0 Å². The number of likely N-dealkylation sites (tertiary alicyclic amines) is 1. The van der Waals surface area contributed by atoms with E-state index in [1.165, 1.54) is 0 Å². The topological polar surface area (TPSA) is 32.3 Å². The van der Waals surface area contributed by atoms with Gasteiger partial charge in [0.15, 0.2) is 0 Å². The van der Waals surface area contributed by atoms with Gasteiger partial charge in [-0.2, -0.15) is 0 Å². The summed E-state index contributed by atoms with van der Waals surface area (Å²) in [5, 5.41) is 4.62. The van der Waals surface area contributed by atoms with Gasteiger partial charge in [0, 0.05) is 23.1 Å². The molecule has 160 valence electrons. The third-order valence-electron chi connectivity index (χ3n) is 5.84. The largest absolute Gasteiger partial charge is 0.345 e. The zero-order valence-electron chi connectivity index (χ0n) is 17.3. The summed E-state index contributed by atoms with van der Waals surface area (Å²) in [6.45, 7) is 2.41. The highest BCUT2D eigenvalue weighted by Gasteiger charge is 2.28. The molecular formula is C26H26Cl2N2O. The summed E-state index contributed by atoms with van der Waals surface area (Å²) in [5.41, 5.74) is 3.21. The first-order valence-corrected chi connectivity index (χ1v) is 11.4. The molecule has 1 saturated heterocycles. The number of piperidine rings is 1. The van der Waals surface area contributed by atoms with Gasteiger partial charge >= 0.3 is 0 Å². The molecule has 0 aliphatic carbocycles. The minimum atomic E-state index is -0.156. The van der Waals surface area contributed by atoms with Gasteiger partial charge in [-0.1, -0.05) is 89.9 Å². The fraction of sp³-hybridized carbons (Fsp3) is 0.269. The second-order valence-electron chi connectivity index (χ2n) is 8.07. The Morgan fingerprint density at radius 1 is 0.968 bits per heavy atom. The van der Waals surface area contributed by atoms with E-state index < -0.39 is 0 Å². The van der Waals surface area contributed by atoms with Crippen LogP contribution in [0.15, 0.2) is 78.9 Å². The number of halogens is 2. The maximum absolute atomic E-state index is 13.3. The molecule has 1 amide bonds. The van der Waals surface area contributed by atoms with Gasteiger partial charge in [-0.3, -0.25) is 9.69 Å². The summed E-state index contributed by atoms with van der Waals surface area (Å²) in [7, 11) is 0. The maximum Gasteiger partial charge on any atom is 0.225 e. The molecule has 31 heavy (non-hydrogen) atoms. The predicted molar refractivity (Wildman–Crippen MR) is 127 cm³/mol. The van der Waals surface area contributed by atoms with E-state index in [4.69, 9.17) is 23.2 Å². The van der Waals surface area contributed by atoms with Crippen molar-refractivity contribution in [2.45, 2.75) is 25.4 Å². The van der Waals surface area contributed by atoms with E-state index in [2.05, 4.69) is 34.5 Å². The summed E-state index contributed by atoms with van der Waals surface area (Å²) in [6, 6.07) is 25.7. The summed E-state index contributed by atoms with van der Waals surface area (Å²) < 4.78 is 0. The van der Waals surface area contributed by atoms with Crippen LogP contribution in [0.5, 0.6) is 0 Å². The van der Waals surface area contributed by atoms with E-state index in [9.17, 15) is 4.79 Å². The van der Waals surface area contributed by atoms with E-state index in [0.717, 1.165) is 49.2 Å². The van der Waals surface area contributed by atoms with Gasteiger partial charge in [0.25, 0.3) is 0 Å². The van der Waals surface area contributed by atoms with Gasteiger partial charge in [-0.15, -0.1) is 0 Å². The van der Waals surface area contributed by atoms with E-state index >= 15 is 0 Å². The number of nitrogens with one attached hydrogen (secondary N) is 1. The van der Waals surface area contributed by atoms with Crippen LogP contribution in [-0.2, 0) is 11.3 Å². The van der Waals surface area contributed by atoms with Crippen molar-refractivity contribution in [3.8, 4) is 0 Å². The molecule has 1 fully saturated rings. The van der Waals surface area contributed by atoms with Crippen LogP contribution in [0.3, 0.4) is 0 Å². The lowest BCUT2D eigenvalue weighted by molar-refractivity contribution is -0.127. The third kappa shape index (κ3) is 5.68. The molecule has 0 saturated carbocycles. The van der Waals surface area contributed by atoms with Crippen molar-refractivity contribution in [3.05, 3.63) is 106 Å². The quantitative estimate of drug-likeness (QED) is 0.488. The van der Waals surface area contributed by atoms with Crippen LogP contribution < -0.4 is 5.32 Å². The highest BCUT2D eigenvalue weighted by atomic mass is 35.5. The second kappa shape index (κ2) is 10.3. The van der Waals surface area contributed by atoms with Gasteiger partial charge in [0.1, 0.15) is 0 Å². The Morgan fingerprint density at radius 2 is 1.61 bits per heavy atom. The number of amides is 1. The number of benzene rings is 3. The van der Waals surface area contributed by atoms with Gasteiger partial charge in [-0.05, 0) is 48.2 Å². The van der Waals surface area contributed by atoms with Crippen LogP contribution in [0.2, 0.25) is 10.0 Å². The Bertz CT molecular complexity index is 971. The zero-order chi connectivity index (χ0) is 21.6. The molecule has 3 aromatic carbocycles. The normalized spacial score (nSPS) is 16.9. The Labute approximate surface area is 194 Å². The third-order valence-corrected chi connectivity index (χ3v) is 6.42. The zero-order valence-corrected chi connectivity index (χ0v) is 18.8. The van der Waals surface area contributed by atoms with Crippen LogP contribution in [0.1, 0.15) is 35.6 Å². The lowest BCUT2D eigenvalue weighted by Crippen LogP contribution is -2.43. The molecular weight excluding hydrogens is 427 g/mol. The van der Waals surface area contributed by atoms with Crippen molar-refractivity contribution in [3.63, 3.8) is 0 Å². The molecule has 1 aliphatic rings. The number of carbonyl (C=O) groups excluding carboxylic acids is 1. The number of nitrogens with zero attached hydrogens (tertiary/aromatic N) is 1. The first kappa shape index (κ1) is 21.9. The standard InChI is InChI=1S/C26H26Cl2N2O/c27-23-14-13-21(24(28)16-23)17-30-15-7-12-22(18-30)26(31)29-25(19-8-3-1-4-9-19)20-10-5-2-6-11-20/h1-6,8-11,13-14,16,22,25H,7,12,15,17-18H2,(H,29,31)/t22-/m0/s1. The van der Waals surface area contributed by atoms with Crippen LogP contribution in [0, 0.1) is 5.92 Å². The fourth-order valence-corrected chi connectivity index (χ4v) is 4.68. The monoisotopic (exact) mass is 452 g/mol. The number of hydrogen-bond donors (Lipinski definition) is 1.